The van der Waals surface area contributed by atoms with E-state index in [1.807, 2.05) is 66.7 Å². The molecule has 3 aromatic rings. The quantitative estimate of drug-likeness (QED) is 0.162. The van der Waals surface area contributed by atoms with Crippen LogP contribution in [0.3, 0.4) is 0 Å². The summed E-state index contributed by atoms with van der Waals surface area (Å²) in [4.78, 5) is 42.0. The Morgan fingerprint density at radius 2 is 1.48 bits per heavy atom. The lowest BCUT2D eigenvalue weighted by Crippen LogP contribution is -2.65. The molecule has 2 atom stereocenters. The molecular formula is C40H50N4O4. The molecule has 0 saturated heterocycles. The molecule has 3 amide bonds. The number of carbonyl (C=O) groups excluding carboxylic acids is 3. The highest BCUT2D eigenvalue weighted by Crippen LogP contribution is 2.66. The van der Waals surface area contributed by atoms with Crippen molar-refractivity contribution in [3.63, 3.8) is 0 Å². The van der Waals surface area contributed by atoms with E-state index >= 15 is 0 Å². The first kappa shape index (κ1) is 33.7. The van der Waals surface area contributed by atoms with E-state index in [9.17, 15) is 14.4 Å². The van der Waals surface area contributed by atoms with Gasteiger partial charge >= 0.3 is 0 Å². The van der Waals surface area contributed by atoms with Gasteiger partial charge in [0.15, 0.2) is 0 Å². The van der Waals surface area contributed by atoms with Crippen molar-refractivity contribution >= 4 is 17.7 Å². The number of benzene rings is 2. The van der Waals surface area contributed by atoms with E-state index < -0.39 is 0 Å². The van der Waals surface area contributed by atoms with Crippen LogP contribution in [0.2, 0.25) is 0 Å². The van der Waals surface area contributed by atoms with Crippen LogP contribution in [0, 0.1) is 16.7 Å². The Labute approximate surface area is 284 Å². The van der Waals surface area contributed by atoms with Crippen LogP contribution >= 0.6 is 0 Å². The maximum Gasteiger partial charge on any atom is 0.226 e. The highest BCUT2D eigenvalue weighted by atomic mass is 16.5. The highest BCUT2D eigenvalue weighted by Gasteiger charge is 2.60. The molecule has 4 aliphatic rings. The second-order valence-corrected chi connectivity index (χ2v) is 15.4. The van der Waals surface area contributed by atoms with Crippen molar-refractivity contribution in [1.29, 1.82) is 0 Å². The largest absolute Gasteiger partial charge is 0.494 e. The van der Waals surface area contributed by atoms with E-state index in [1.165, 1.54) is 19.3 Å². The molecule has 2 aromatic carbocycles. The topological polar surface area (TPSA) is 109 Å². The van der Waals surface area contributed by atoms with Gasteiger partial charge in [0.1, 0.15) is 5.75 Å². The van der Waals surface area contributed by atoms with Gasteiger partial charge in [-0.25, -0.2) is 0 Å². The fourth-order valence-corrected chi connectivity index (χ4v) is 9.40. The fourth-order valence-electron chi connectivity index (χ4n) is 9.40. The Hall–Kier alpha value is -4.20. The van der Waals surface area contributed by atoms with Crippen molar-refractivity contribution in [3.05, 3.63) is 84.2 Å². The summed E-state index contributed by atoms with van der Waals surface area (Å²) >= 11 is 0. The van der Waals surface area contributed by atoms with Gasteiger partial charge in [0, 0.05) is 48.9 Å². The van der Waals surface area contributed by atoms with Crippen LogP contribution in [0.15, 0.2) is 72.9 Å². The van der Waals surface area contributed by atoms with Gasteiger partial charge in [-0.2, -0.15) is 0 Å². The summed E-state index contributed by atoms with van der Waals surface area (Å²) in [5, 5.41) is 9.34. The summed E-state index contributed by atoms with van der Waals surface area (Å²) in [5.74, 6) is 1.53. The minimum Gasteiger partial charge on any atom is -0.494 e. The van der Waals surface area contributed by atoms with Crippen molar-refractivity contribution in [2.45, 2.75) is 96.6 Å². The standard InChI is InChI=1S/C40H50N4O4/c1-38-21-30-22-39(2,26-38)28-40(23-30,27-38)44-36(46)11-6-10-35(45)41-18-7-19-48-34-16-13-31(14-17-34)32-12-15-33(42-25-32)20-37(47)43-24-29-8-4-3-5-9-29/h3-5,8-9,12-17,25,30H,6-7,10-11,18-24,26-28H2,1-2H3,(H,41,45)(H,43,47)(H,44,46). The van der Waals surface area contributed by atoms with E-state index in [0.717, 1.165) is 53.3 Å². The number of hydrogen-bond donors (Lipinski definition) is 3. The molecule has 1 aromatic heterocycles. The van der Waals surface area contributed by atoms with Crippen molar-refractivity contribution in [3.8, 4) is 16.9 Å². The predicted molar refractivity (Wildman–Crippen MR) is 187 cm³/mol. The summed E-state index contributed by atoms with van der Waals surface area (Å²) < 4.78 is 5.87. The minimum absolute atomic E-state index is 0.0191. The number of aromatic nitrogens is 1. The van der Waals surface area contributed by atoms with Crippen molar-refractivity contribution in [2.75, 3.05) is 13.2 Å². The summed E-state index contributed by atoms with van der Waals surface area (Å²) in [7, 11) is 0. The first-order valence-corrected chi connectivity index (χ1v) is 17.6. The lowest BCUT2D eigenvalue weighted by Gasteiger charge is -2.65. The third kappa shape index (κ3) is 8.82. The summed E-state index contributed by atoms with van der Waals surface area (Å²) in [6, 6.07) is 21.5. The third-order valence-electron chi connectivity index (χ3n) is 10.4. The number of rotatable bonds is 15. The number of nitrogens with zero attached hydrogens (tertiary/aromatic N) is 1. The molecule has 7 rings (SSSR count). The maximum absolute atomic E-state index is 12.9. The number of hydrogen-bond acceptors (Lipinski definition) is 5. The lowest BCUT2D eigenvalue weighted by atomic mass is 9.43. The molecule has 8 nitrogen and oxygen atoms in total. The van der Waals surface area contributed by atoms with E-state index in [-0.39, 0.29) is 29.7 Å². The van der Waals surface area contributed by atoms with Gasteiger partial charge in [0.25, 0.3) is 0 Å². The van der Waals surface area contributed by atoms with Gasteiger partial charge in [-0.05, 0) is 97.4 Å². The van der Waals surface area contributed by atoms with E-state index in [1.54, 1.807) is 6.20 Å². The maximum atomic E-state index is 12.9. The Morgan fingerprint density at radius 3 is 2.17 bits per heavy atom. The summed E-state index contributed by atoms with van der Waals surface area (Å²) in [6.07, 6.45) is 11.3. The normalized spacial score (nSPS) is 25.3. The number of nitrogens with one attached hydrogen (secondary N) is 3. The van der Waals surface area contributed by atoms with Crippen LogP contribution < -0.4 is 20.7 Å². The predicted octanol–water partition coefficient (Wildman–Crippen LogP) is 6.53. The van der Waals surface area contributed by atoms with Crippen LogP contribution in [0.1, 0.15) is 89.3 Å². The zero-order valence-corrected chi connectivity index (χ0v) is 28.5. The van der Waals surface area contributed by atoms with Gasteiger partial charge < -0.3 is 20.7 Å². The Balaban J connectivity index is 0.833. The molecule has 2 unspecified atom stereocenters. The first-order chi connectivity index (χ1) is 23.1. The molecule has 0 radical (unpaired) electrons. The van der Waals surface area contributed by atoms with Crippen LogP contribution in [-0.2, 0) is 27.3 Å². The molecule has 48 heavy (non-hydrogen) atoms. The highest BCUT2D eigenvalue weighted by molar-refractivity contribution is 5.79. The van der Waals surface area contributed by atoms with Gasteiger partial charge in [-0.3, -0.25) is 19.4 Å². The molecule has 4 aliphatic carbocycles. The molecule has 0 aliphatic heterocycles. The molecule has 4 bridgehead atoms. The second-order valence-electron chi connectivity index (χ2n) is 15.4. The SMILES string of the molecule is CC12CC3CC(C)(C1)CC(NC(=O)CCCC(=O)NCCCOc1ccc(-c4ccc(CC(=O)NCc5ccccc5)nc4)cc1)(C3)C2. The van der Waals surface area contributed by atoms with Gasteiger partial charge in [-0.1, -0.05) is 62.4 Å². The van der Waals surface area contributed by atoms with Crippen molar-refractivity contribution in [1.82, 2.24) is 20.9 Å². The van der Waals surface area contributed by atoms with E-state index in [4.69, 9.17) is 4.74 Å². The van der Waals surface area contributed by atoms with Gasteiger partial charge in [0.05, 0.1) is 13.0 Å². The number of carbonyl (C=O) groups is 3. The average Bonchev–Trinajstić information content (AvgIpc) is 3.03. The molecule has 3 N–H and O–H groups in total. The zero-order valence-electron chi connectivity index (χ0n) is 28.5. The van der Waals surface area contributed by atoms with Crippen LogP contribution in [0.25, 0.3) is 11.1 Å². The van der Waals surface area contributed by atoms with E-state index in [0.29, 0.717) is 56.2 Å². The van der Waals surface area contributed by atoms with Crippen LogP contribution in [-0.4, -0.2) is 41.4 Å². The molecule has 254 valence electrons. The number of pyridine rings is 1. The molecule has 8 heteroatoms. The Kier molecular flexibility index (Phi) is 10.2. The third-order valence-corrected chi connectivity index (χ3v) is 10.4. The zero-order chi connectivity index (χ0) is 33.6. The van der Waals surface area contributed by atoms with Crippen molar-refractivity contribution < 1.29 is 19.1 Å². The molecule has 0 spiro atoms. The molecular weight excluding hydrogens is 600 g/mol. The summed E-state index contributed by atoms with van der Waals surface area (Å²) in [5.41, 5.74) is 4.46. The fraction of sp³-hybridized carbons (Fsp3) is 0.500. The number of amides is 3. The molecule has 1 heterocycles. The van der Waals surface area contributed by atoms with Crippen LogP contribution in [0.5, 0.6) is 5.75 Å². The van der Waals surface area contributed by atoms with Gasteiger partial charge in [-0.15, -0.1) is 0 Å². The lowest BCUT2D eigenvalue weighted by molar-refractivity contribution is -0.139. The minimum atomic E-state index is -0.0595. The van der Waals surface area contributed by atoms with Gasteiger partial charge in [0.2, 0.25) is 17.7 Å². The first-order valence-electron chi connectivity index (χ1n) is 17.6. The second kappa shape index (κ2) is 14.5. The summed E-state index contributed by atoms with van der Waals surface area (Å²) in [6.45, 7) is 6.36. The Bertz CT molecular complexity index is 1550. The molecule has 4 fully saturated rings. The Morgan fingerprint density at radius 1 is 0.771 bits per heavy atom. The molecule has 4 saturated carbocycles. The number of ether oxygens (including phenoxy) is 1. The monoisotopic (exact) mass is 650 g/mol. The van der Waals surface area contributed by atoms with Crippen molar-refractivity contribution in [2.24, 2.45) is 16.7 Å². The van der Waals surface area contributed by atoms with E-state index in [2.05, 4.69) is 34.8 Å². The van der Waals surface area contributed by atoms with Crippen LogP contribution in [0.4, 0.5) is 0 Å². The smallest absolute Gasteiger partial charge is 0.226 e. The average molecular weight is 651 g/mol.